The van der Waals surface area contributed by atoms with Crippen molar-refractivity contribution in [1.82, 2.24) is 4.98 Å². The number of rotatable bonds is 2. The highest BCUT2D eigenvalue weighted by Crippen LogP contribution is 2.38. The number of nitrogens with zero attached hydrogens (tertiary/aromatic N) is 1. The van der Waals surface area contributed by atoms with Gasteiger partial charge in [0.1, 0.15) is 11.9 Å². The number of carbonyl (C=O) groups excluding carboxylic acids is 1. The molecule has 1 aliphatic carbocycles. The fourth-order valence-corrected chi connectivity index (χ4v) is 2.27. The molecule has 0 saturated heterocycles. The lowest BCUT2D eigenvalue weighted by molar-refractivity contribution is -0.112. The lowest BCUT2D eigenvalue weighted by Gasteiger charge is -2.19. The largest absolute Gasteiger partial charge is 0.383 e. The average molecular weight is 256 g/mol. The van der Waals surface area contributed by atoms with Gasteiger partial charge in [-0.2, -0.15) is 0 Å². The van der Waals surface area contributed by atoms with E-state index >= 15 is 0 Å². The number of aldehydes is 1. The van der Waals surface area contributed by atoms with E-state index in [1.54, 1.807) is 6.20 Å². The zero-order valence-electron chi connectivity index (χ0n) is 7.53. The van der Waals surface area contributed by atoms with Crippen LogP contribution in [0.15, 0.2) is 16.7 Å². The topological polar surface area (TPSA) is 50.2 Å². The summed E-state index contributed by atoms with van der Waals surface area (Å²) in [6.45, 7) is 0. The summed E-state index contributed by atoms with van der Waals surface area (Å²) >= 11 is 3.33. The minimum absolute atomic E-state index is 0.134. The highest BCUT2D eigenvalue weighted by atomic mass is 79.9. The first-order valence-electron chi connectivity index (χ1n) is 4.47. The van der Waals surface area contributed by atoms with Gasteiger partial charge in [0.15, 0.2) is 0 Å². The minimum atomic E-state index is -1.03. The molecule has 1 aromatic heterocycles. The predicted octanol–water partition coefficient (Wildman–Crippen LogP) is 1.57. The van der Waals surface area contributed by atoms with Crippen molar-refractivity contribution in [2.24, 2.45) is 0 Å². The molecule has 1 aliphatic rings. The molecule has 0 amide bonds. The first kappa shape index (κ1) is 9.80. The Morgan fingerprint density at radius 3 is 3.21 bits per heavy atom. The molecule has 0 spiro atoms. The Bertz CT molecular complexity index is 380. The summed E-state index contributed by atoms with van der Waals surface area (Å²) in [5.74, 6) is 0. The van der Waals surface area contributed by atoms with Crippen LogP contribution < -0.4 is 0 Å². The lowest BCUT2D eigenvalue weighted by Crippen LogP contribution is -2.23. The summed E-state index contributed by atoms with van der Waals surface area (Å²) in [5.41, 5.74) is 0.661. The predicted molar refractivity (Wildman–Crippen MR) is 54.8 cm³/mol. The number of aliphatic hydroxyl groups is 1. The molecule has 1 atom stereocenters. The summed E-state index contributed by atoms with van der Waals surface area (Å²) < 4.78 is 0.909. The van der Waals surface area contributed by atoms with Crippen LogP contribution in [0.1, 0.15) is 24.1 Å². The standard InChI is InChI=1S/C10H10BrNO2/c11-8-5-7-1-2-10(14,3-4-13)9(7)12-6-8/h4-6,14H,1-3H2. The smallest absolute Gasteiger partial charge is 0.123 e. The van der Waals surface area contributed by atoms with Crippen LogP contribution in [-0.4, -0.2) is 16.4 Å². The highest BCUT2D eigenvalue weighted by Gasteiger charge is 2.37. The Labute approximate surface area is 90.3 Å². The molecule has 1 aromatic rings. The van der Waals surface area contributed by atoms with Crippen molar-refractivity contribution >= 4 is 22.2 Å². The molecule has 3 nitrogen and oxygen atoms in total. The molecule has 0 saturated carbocycles. The minimum Gasteiger partial charge on any atom is -0.383 e. The fourth-order valence-electron chi connectivity index (χ4n) is 1.89. The molecular formula is C10H10BrNO2. The van der Waals surface area contributed by atoms with Crippen molar-refractivity contribution in [2.75, 3.05) is 0 Å². The van der Waals surface area contributed by atoms with E-state index in [0.29, 0.717) is 12.1 Å². The van der Waals surface area contributed by atoms with Crippen molar-refractivity contribution in [1.29, 1.82) is 0 Å². The molecular weight excluding hydrogens is 246 g/mol. The normalized spacial score (nSPS) is 24.7. The van der Waals surface area contributed by atoms with Gasteiger partial charge in [0, 0.05) is 17.1 Å². The molecule has 14 heavy (non-hydrogen) atoms. The van der Waals surface area contributed by atoms with Crippen LogP contribution in [0.2, 0.25) is 0 Å². The third kappa shape index (κ3) is 1.48. The van der Waals surface area contributed by atoms with Crippen LogP contribution in [0.3, 0.4) is 0 Å². The van der Waals surface area contributed by atoms with E-state index < -0.39 is 5.60 Å². The first-order valence-corrected chi connectivity index (χ1v) is 5.26. The molecule has 1 N–H and O–H groups in total. The molecule has 0 bridgehead atoms. The third-order valence-corrected chi connectivity index (χ3v) is 3.04. The molecule has 0 aromatic carbocycles. The van der Waals surface area contributed by atoms with Gasteiger partial charge in [0.05, 0.1) is 5.69 Å². The summed E-state index contributed by atoms with van der Waals surface area (Å²) in [4.78, 5) is 14.6. The Hall–Kier alpha value is -0.740. The van der Waals surface area contributed by atoms with Crippen molar-refractivity contribution < 1.29 is 9.90 Å². The van der Waals surface area contributed by atoms with Gasteiger partial charge in [0.25, 0.3) is 0 Å². The molecule has 4 heteroatoms. The van der Waals surface area contributed by atoms with Gasteiger partial charge in [0.2, 0.25) is 0 Å². The van der Waals surface area contributed by atoms with Crippen LogP contribution in [0, 0.1) is 0 Å². The SMILES string of the molecule is O=CCC1(O)CCc2cc(Br)cnc21. The van der Waals surface area contributed by atoms with E-state index in [0.717, 1.165) is 22.7 Å². The van der Waals surface area contributed by atoms with E-state index in [2.05, 4.69) is 20.9 Å². The lowest BCUT2D eigenvalue weighted by atomic mass is 9.98. The van der Waals surface area contributed by atoms with Crippen molar-refractivity contribution in [3.63, 3.8) is 0 Å². The number of hydrogen-bond donors (Lipinski definition) is 1. The Morgan fingerprint density at radius 2 is 2.50 bits per heavy atom. The Balaban J connectivity index is 2.44. The quantitative estimate of drug-likeness (QED) is 0.817. The number of carbonyl (C=O) groups is 1. The maximum Gasteiger partial charge on any atom is 0.123 e. The number of hydrogen-bond acceptors (Lipinski definition) is 3. The summed E-state index contributed by atoms with van der Waals surface area (Å²) in [6.07, 6.45) is 3.91. The van der Waals surface area contributed by atoms with E-state index in [9.17, 15) is 9.90 Å². The maximum atomic E-state index is 10.4. The zero-order valence-corrected chi connectivity index (χ0v) is 9.12. The van der Waals surface area contributed by atoms with Gasteiger partial charge in [-0.15, -0.1) is 0 Å². The second kappa shape index (κ2) is 3.44. The van der Waals surface area contributed by atoms with Gasteiger partial charge in [-0.1, -0.05) is 0 Å². The Morgan fingerprint density at radius 1 is 1.71 bits per heavy atom. The van der Waals surface area contributed by atoms with Crippen molar-refractivity contribution in [2.45, 2.75) is 24.9 Å². The molecule has 1 heterocycles. The molecule has 1 unspecified atom stereocenters. The van der Waals surface area contributed by atoms with Gasteiger partial charge in [-0.3, -0.25) is 4.98 Å². The maximum absolute atomic E-state index is 10.4. The van der Waals surface area contributed by atoms with Gasteiger partial charge in [-0.05, 0) is 40.4 Å². The van der Waals surface area contributed by atoms with Crippen molar-refractivity contribution in [3.05, 3.63) is 28.0 Å². The Kier molecular flexibility index (Phi) is 2.41. The first-order chi connectivity index (χ1) is 6.65. The van der Waals surface area contributed by atoms with E-state index in [1.807, 2.05) is 6.07 Å². The van der Waals surface area contributed by atoms with Gasteiger partial charge >= 0.3 is 0 Å². The molecule has 2 rings (SSSR count). The van der Waals surface area contributed by atoms with Gasteiger partial charge in [-0.25, -0.2) is 0 Å². The number of aryl methyl sites for hydroxylation is 1. The monoisotopic (exact) mass is 255 g/mol. The van der Waals surface area contributed by atoms with Crippen LogP contribution in [0.4, 0.5) is 0 Å². The summed E-state index contributed by atoms with van der Waals surface area (Å²) in [7, 11) is 0. The van der Waals surface area contributed by atoms with Crippen LogP contribution in [0.5, 0.6) is 0 Å². The van der Waals surface area contributed by atoms with Gasteiger partial charge < -0.3 is 9.90 Å². The van der Waals surface area contributed by atoms with E-state index in [-0.39, 0.29) is 6.42 Å². The summed E-state index contributed by atoms with van der Waals surface area (Å²) in [6, 6.07) is 1.95. The highest BCUT2D eigenvalue weighted by molar-refractivity contribution is 9.10. The van der Waals surface area contributed by atoms with Crippen molar-refractivity contribution in [3.8, 4) is 0 Å². The number of halogens is 1. The number of pyridine rings is 1. The fraction of sp³-hybridized carbons (Fsp3) is 0.400. The molecule has 0 aliphatic heterocycles. The average Bonchev–Trinajstić information content (AvgIpc) is 2.44. The molecule has 74 valence electrons. The number of aromatic nitrogens is 1. The second-order valence-electron chi connectivity index (χ2n) is 3.56. The zero-order chi connectivity index (χ0) is 10.2. The van der Waals surface area contributed by atoms with E-state index in [1.165, 1.54) is 0 Å². The van der Waals surface area contributed by atoms with Crippen LogP contribution >= 0.6 is 15.9 Å². The van der Waals surface area contributed by atoms with Crippen LogP contribution in [0.25, 0.3) is 0 Å². The number of fused-ring (bicyclic) bond motifs is 1. The van der Waals surface area contributed by atoms with Crippen LogP contribution in [-0.2, 0) is 16.8 Å². The summed E-state index contributed by atoms with van der Waals surface area (Å²) in [5, 5.41) is 10.1. The molecule has 0 fully saturated rings. The third-order valence-electron chi connectivity index (χ3n) is 2.60. The molecule has 0 radical (unpaired) electrons. The van der Waals surface area contributed by atoms with E-state index in [4.69, 9.17) is 0 Å². The second-order valence-corrected chi connectivity index (χ2v) is 4.48.